The van der Waals surface area contributed by atoms with Crippen LogP contribution in [0.5, 0.6) is 0 Å². The molecule has 1 atom stereocenters. The normalized spacial score (nSPS) is 12.8. The topological polar surface area (TPSA) is 43.1 Å². The van der Waals surface area contributed by atoms with Gasteiger partial charge in [0.05, 0.1) is 5.75 Å². The van der Waals surface area contributed by atoms with Crippen LogP contribution in [0.1, 0.15) is 5.56 Å². The van der Waals surface area contributed by atoms with Crippen LogP contribution >= 0.6 is 0 Å². The van der Waals surface area contributed by atoms with Gasteiger partial charge in [0.25, 0.3) is 0 Å². The lowest BCUT2D eigenvalue weighted by atomic mass is 10.2. The average Bonchev–Trinajstić information content (AvgIpc) is 1.94. The summed E-state index contributed by atoms with van der Waals surface area (Å²) in [6.45, 7) is 0. The molecule has 0 aromatic heterocycles. The molecule has 0 saturated carbocycles. The first-order valence-corrected chi connectivity index (χ1v) is 5.16. The van der Waals surface area contributed by atoms with Crippen molar-refractivity contribution in [2.24, 2.45) is 0 Å². The molecule has 0 heterocycles. The minimum Gasteiger partial charge on any atom is -0.398 e. The minimum atomic E-state index is -0.936. The van der Waals surface area contributed by atoms with Gasteiger partial charge >= 0.3 is 0 Å². The second-order valence-corrected chi connectivity index (χ2v) is 4.00. The molecular weight excluding hydrogens is 177 g/mol. The summed E-state index contributed by atoms with van der Waals surface area (Å²) in [4.78, 5) is 0. The van der Waals surface area contributed by atoms with E-state index in [0.717, 1.165) is 5.56 Å². The van der Waals surface area contributed by atoms with Crippen molar-refractivity contribution in [2.45, 2.75) is 5.75 Å². The smallest absolute Gasteiger partial charge is 0.125 e. The number of hydrogen-bond donors (Lipinski definition) is 1. The highest BCUT2D eigenvalue weighted by Crippen LogP contribution is 2.14. The predicted octanol–water partition coefficient (Wildman–Crippen LogP) is 1.29. The van der Waals surface area contributed by atoms with Gasteiger partial charge in [-0.05, 0) is 17.7 Å². The van der Waals surface area contributed by atoms with E-state index < -0.39 is 10.8 Å². The summed E-state index contributed by atoms with van der Waals surface area (Å²) >= 11 is 0. The van der Waals surface area contributed by atoms with Crippen molar-refractivity contribution in [3.8, 4) is 0 Å². The number of nitrogen functional groups attached to an aromatic ring is 1. The van der Waals surface area contributed by atoms with Gasteiger partial charge in [0.15, 0.2) is 0 Å². The molecule has 0 saturated heterocycles. The van der Waals surface area contributed by atoms with Crippen LogP contribution in [0, 0.1) is 5.82 Å². The average molecular weight is 187 g/mol. The Hall–Kier alpha value is -0.900. The van der Waals surface area contributed by atoms with Gasteiger partial charge in [-0.2, -0.15) is 0 Å². The lowest BCUT2D eigenvalue weighted by Gasteiger charge is -2.02. The van der Waals surface area contributed by atoms with Crippen molar-refractivity contribution in [1.29, 1.82) is 0 Å². The van der Waals surface area contributed by atoms with Crippen molar-refractivity contribution < 1.29 is 8.60 Å². The second-order valence-electron chi connectivity index (χ2n) is 2.56. The SMILES string of the molecule is CS(=O)Cc1ccc(F)cc1N. The van der Waals surface area contributed by atoms with Crippen LogP contribution in [0.4, 0.5) is 10.1 Å². The molecule has 0 amide bonds. The van der Waals surface area contributed by atoms with Crippen LogP contribution in [0.3, 0.4) is 0 Å². The highest BCUT2D eigenvalue weighted by atomic mass is 32.2. The summed E-state index contributed by atoms with van der Waals surface area (Å²) < 4.78 is 23.3. The molecule has 66 valence electrons. The third kappa shape index (κ3) is 2.30. The Labute approximate surface area is 73.0 Å². The maximum absolute atomic E-state index is 12.5. The molecule has 0 aliphatic rings. The van der Waals surface area contributed by atoms with Crippen molar-refractivity contribution in [2.75, 3.05) is 12.0 Å². The summed E-state index contributed by atoms with van der Waals surface area (Å²) in [5.41, 5.74) is 6.59. The first kappa shape index (κ1) is 9.19. The van der Waals surface area contributed by atoms with Gasteiger partial charge in [0, 0.05) is 22.7 Å². The zero-order valence-electron chi connectivity index (χ0n) is 6.71. The van der Waals surface area contributed by atoms with Gasteiger partial charge in [-0.1, -0.05) is 6.07 Å². The zero-order valence-corrected chi connectivity index (χ0v) is 7.53. The lowest BCUT2D eigenvalue weighted by molar-refractivity contribution is 0.628. The van der Waals surface area contributed by atoms with E-state index in [4.69, 9.17) is 5.73 Å². The van der Waals surface area contributed by atoms with Gasteiger partial charge in [0.2, 0.25) is 0 Å². The molecule has 1 rings (SSSR count). The van der Waals surface area contributed by atoms with Gasteiger partial charge in [-0.15, -0.1) is 0 Å². The molecular formula is C8H10FNOS. The molecule has 0 aliphatic carbocycles. The van der Waals surface area contributed by atoms with E-state index >= 15 is 0 Å². The molecule has 0 spiro atoms. The summed E-state index contributed by atoms with van der Waals surface area (Å²) in [7, 11) is -0.936. The van der Waals surface area contributed by atoms with Gasteiger partial charge in [-0.3, -0.25) is 4.21 Å². The number of hydrogen-bond acceptors (Lipinski definition) is 2. The number of nitrogens with two attached hydrogens (primary N) is 1. The van der Waals surface area contributed by atoms with Crippen LogP contribution < -0.4 is 5.73 Å². The molecule has 1 aromatic carbocycles. The third-order valence-electron chi connectivity index (χ3n) is 1.47. The van der Waals surface area contributed by atoms with Crippen molar-refractivity contribution >= 4 is 16.5 Å². The van der Waals surface area contributed by atoms with Gasteiger partial charge in [0.1, 0.15) is 5.82 Å². The molecule has 0 aliphatic heterocycles. The third-order valence-corrected chi connectivity index (χ3v) is 2.18. The Balaban J connectivity index is 2.93. The maximum atomic E-state index is 12.5. The van der Waals surface area contributed by atoms with E-state index in [0.29, 0.717) is 11.4 Å². The number of benzene rings is 1. The zero-order chi connectivity index (χ0) is 9.14. The van der Waals surface area contributed by atoms with E-state index in [9.17, 15) is 8.60 Å². The molecule has 0 radical (unpaired) electrons. The fourth-order valence-corrected chi connectivity index (χ4v) is 1.62. The van der Waals surface area contributed by atoms with Crippen LogP contribution in [-0.2, 0) is 16.6 Å². The van der Waals surface area contributed by atoms with Gasteiger partial charge < -0.3 is 5.73 Å². The van der Waals surface area contributed by atoms with E-state index in [1.54, 1.807) is 12.3 Å². The van der Waals surface area contributed by atoms with Crippen LogP contribution in [0.25, 0.3) is 0 Å². The Kier molecular flexibility index (Phi) is 2.81. The van der Waals surface area contributed by atoms with E-state index in [1.165, 1.54) is 12.1 Å². The molecule has 0 bridgehead atoms. The maximum Gasteiger partial charge on any atom is 0.125 e. The second kappa shape index (κ2) is 3.67. The number of anilines is 1. The van der Waals surface area contributed by atoms with Crippen LogP contribution in [0.2, 0.25) is 0 Å². The van der Waals surface area contributed by atoms with Gasteiger partial charge in [-0.25, -0.2) is 4.39 Å². The van der Waals surface area contributed by atoms with Crippen molar-refractivity contribution in [3.63, 3.8) is 0 Å². The van der Waals surface area contributed by atoms with Crippen molar-refractivity contribution in [3.05, 3.63) is 29.6 Å². The summed E-state index contributed by atoms with van der Waals surface area (Å²) in [6.07, 6.45) is 1.59. The fourth-order valence-electron chi connectivity index (χ4n) is 0.916. The van der Waals surface area contributed by atoms with E-state index in [-0.39, 0.29) is 5.82 Å². The first-order chi connectivity index (χ1) is 5.59. The molecule has 1 aromatic rings. The van der Waals surface area contributed by atoms with Crippen LogP contribution in [0.15, 0.2) is 18.2 Å². The molecule has 2 nitrogen and oxygen atoms in total. The number of halogens is 1. The minimum absolute atomic E-state index is 0.363. The standard InChI is InChI=1S/C8H10FNOS/c1-12(11)5-6-2-3-7(9)4-8(6)10/h2-4H,5,10H2,1H3. The summed E-state index contributed by atoms with van der Waals surface area (Å²) in [5.74, 6) is 0.0182. The quantitative estimate of drug-likeness (QED) is 0.709. The van der Waals surface area contributed by atoms with Crippen LogP contribution in [-0.4, -0.2) is 10.5 Å². The predicted molar refractivity (Wildman–Crippen MR) is 48.6 cm³/mol. The van der Waals surface area contributed by atoms with E-state index in [1.807, 2.05) is 0 Å². The summed E-state index contributed by atoms with van der Waals surface area (Å²) in [5, 5.41) is 0. The van der Waals surface area contributed by atoms with E-state index in [2.05, 4.69) is 0 Å². The molecule has 2 N–H and O–H groups in total. The lowest BCUT2D eigenvalue weighted by Crippen LogP contribution is -1.98. The molecule has 4 heteroatoms. The number of rotatable bonds is 2. The fraction of sp³-hybridized carbons (Fsp3) is 0.250. The largest absolute Gasteiger partial charge is 0.398 e. The summed E-state index contributed by atoms with van der Waals surface area (Å²) in [6, 6.07) is 4.12. The monoisotopic (exact) mass is 187 g/mol. The molecule has 1 unspecified atom stereocenters. The Morgan fingerprint density at radius 1 is 1.58 bits per heavy atom. The molecule has 0 fully saturated rings. The Bertz CT molecular complexity index is 314. The first-order valence-electron chi connectivity index (χ1n) is 3.43. The Morgan fingerprint density at radius 2 is 2.25 bits per heavy atom. The Morgan fingerprint density at radius 3 is 2.75 bits per heavy atom. The molecule has 12 heavy (non-hydrogen) atoms. The highest BCUT2D eigenvalue weighted by molar-refractivity contribution is 7.83. The van der Waals surface area contributed by atoms with Crippen molar-refractivity contribution in [1.82, 2.24) is 0 Å². The highest BCUT2D eigenvalue weighted by Gasteiger charge is 2.01.